The molecule has 0 spiro atoms. The van der Waals surface area contributed by atoms with Gasteiger partial charge in [0.05, 0.1) is 30.7 Å². The number of fused-ring (bicyclic) bond motifs is 6. The second kappa shape index (κ2) is 8.81. The van der Waals surface area contributed by atoms with Crippen LogP contribution in [0.2, 0.25) is 0 Å². The van der Waals surface area contributed by atoms with E-state index in [4.69, 9.17) is 9.47 Å². The van der Waals surface area contributed by atoms with Crippen molar-refractivity contribution in [3.8, 4) is 0 Å². The Kier molecular flexibility index (Phi) is 5.61. The molecule has 6 unspecified atom stereocenters. The number of hydrogen-bond acceptors (Lipinski definition) is 6. The Labute approximate surface area is 204 Å². The van der Waals surface area contributed by atoms with Gasteiger partial charge < -0.3 is 19.6 Å². The van der Waals surface area contributed by atoms with Gasteiger partial charge in [-0.3, -0.25) is 9.69 Å². The second-order valence-corrected chi connectivity index (χ2v) is 10.0. The zero-order valence-corrected chi connectivity index (χ0v) is 19.7. The molecule has 2 N–H and O–H groups in total. The molecule has 3 aliphatic rings. The largest absolute Gasteiger partial charge is 0.469 e. The van der Waals surface area contributed by atoms with E-state index in [-0.39, 0.29) is 17.9 Å². The number of para-hydroxylation sites is 1. The number of aromatic amines is 1. The molecule has 182 valence electrons. The van der Waals surface area contributed by atoms with Crippen LogP contribution in [-0.4, -0.2) is 59.3 Å². The number of piperidine rings is 1. The molecule has 1 saturated heterocycles. The highest BCUT2D eigenvalue weighted by Crippen LogP contribution is 2.50. The van der Waals surface area contributed by atoms with Gasteiger partial charge in [0, 0.05) is 35.6 Å². The van der Waals surface area contributed by atoms with Crippen LogP contribution in [0.3, 0.4) is 0 Å². The number of benzene rings is 2. The molecule has 1 aromatic heterocycles. The first-order chi connectivity index (χ1) is 17.1. The SMILES string of the molecule is COC(=O)C1C(O)CCC2CN3CCc4c([nH]c5ccccc45)C3C(OC(=O)c3ccccc3)C21. The zero-order chi connectivity index (χ0) is 24.1. The number of ether oxygens (including phenoxy) is 2. The van der Waals surface area contributed by atoms with Crippen molar-refractivity contribution in [2.45, 2.75) is 37.5 Å². The van der Waals surface area contributed by atoms with Crippen LogP contribution in [0.1, 0.15) is 40.5 Å². The number of aliphatic hydroxyl groups is 1. The standard InChI is InChI=1S/C28H30N2O5/c1-34-28(33)23-21(31)12-11-17-15-30-14-13-19-18-9-5-6-10-20(18)29-24(19)25(30)26(22(17)23)35-27(32)16-7-3-2-4-8-16/h2-10,17,21-23,25-26,29,31H,11-15H2,1H3. The van der Waals surface area contributed by atoms with Gasteiger partial charge in [-0.2, -0.15) is 0 Å². The van der Waals surface area contributed by atoms with Crippen LogP contribution in [0, 0.1) is 17.8 Å². The molecule has 7 nitrogen and oxygen atoms in total. The van der Waals surface area contributed by atoms with Crippen LogP contribution < -0.4 is 0 Å². The summed E-state index contributed by atoms with van der Waals surface area (Å²) in [6.45, 7) is 1.65. The maximum atomic E-state index is 13.3. The molecule has 0 bridgehead atoms. The molecule has 3 heterocycles. The van der Waals surface area contributed by atoms with Gasteiger partial charge in [-0.1, -0.05) is 36.4 Å². The fourth-order valence-corrected chi connectivity index (χ4v) is 6.76. The number of aromatic nitrogens is 1. The van der Waals surface area contributed by atoms with Gasteiger partial charge in [-0.15, -0.1) is 0 Å². The predicted octanol–water partition coefficient (Wildman–Crippen LogP) is 3.48. The summed E-state index contributed by atoms with van der Waals surface area (Å²) in [6, 6.07) is 17.0. The summed E-state index contributed by atoms with van der Waals surface area (Å²) in [5.74, 6) is -1.79. The lowest BCUT2D eigenvalue weighted by atomic mass is 9.63. The molecule has 7 heteroatoms. The number of aliphatic hydroxyl groups excluding tert-OH is 1. The first-order valence-corrected chi connectivity index (χ1v) is 12.4. The Morgan fingerprint density at radius 3 is 2.63 bits per heavy atom. The first kappa shape index (κ1) is 22.3. The predicted molar refractivity (Wildman–Crippen MR) is 130 cm³/mol. The molecule has 1 aliphatic carbocycles. The summed E-state index contributed by atoms with van der Waals surface area (Å²) in [7, 11) is 1.36. The minimum atomic E-state index is -0.820. The topological polar surface area (TPSA) is 91.9 Å². The van der Waals surface area contributed by atoms with Crippen LogP contribution in [0.25, 0.3) is 10.9 Å². The third-order valence-electron chi connectivity index (χ3n) is 8.28. The van der Waals surface area contributed by atoms with Crippen LogP contribution in [0.4, 0.5) is 0 Å². The quantitative estimate of drug-likeness (QED) is 0.565. The highest BCUT2D eigenvalue weighted by Gasteiger charge is 2.56. The molecule has 35 heavy (non-hydrogen) atoms. The molecule has 6 rings (SSSR count). The fraction of sp³-hybridized carbons (Fsp3) is 0.429. The highest BCUT2D eigenvalue weighted by atomic mass is 16.5. The van der Waals surface area contributed by atoms with E-state index < -0.39 is 30.1 Å². The lowest BCUT2D eigenvalue weighted by Gasteiger charge is -2.54. The minimum absolute atomic E-state index is 0.123. The van der Waals surface area contributed by atoms with Crippen molar-refractivity contribution >= 4 is 22.8 Å². The highest BCUT2D eigenvalue weighted by molar-refractivity contribution is 5.89. The Morgan fingerprint density at radius 2 is 1.83 bits per heavy atom. The monoisotopic (exact) mass is 474 g/mol. The third-order valence-corrected chi connectivity index (χ3v) is 8.28. The number of nitrogens with zero attached hydrogens (tertiary/aromatic N) is 1. The molecular formula is C28H30N2O5. The Hall–Kier alpha value is -3.16. The van der Waals surface area contributed by atoms with Crippen molar-refractivity contribution in [1.29, 1.82) is 0 Å². The van der Waals surface area contributed by atoms with Crippen molar-refractivity contribution in [3.63, 3.8) is 0 Å². The van der Waals surface area contributed by atoms with Crippen molar-refractivity contribution in [1.82, 2.24) is 9.88 Å². The molecule has 1 saturated carbocycles. The minimum Gasteiger partial charge on any atom is -0.469 e. The smallest absolute Gasteiger partial charge is 0.338 e. The number of carbonyl (C=O) groups excluding carboxylic acids is 2. The Morgan fingerprint density at radius 1 is 1.06 bits per heavy atom. The van der Waals surface area contributed by atoms with E-state index in [1.54, 1.807) is 12.1 Å². The molecule has 6 atom stereocenters. The zero-order valence-electron chi connectivity index (χ0n) is 19.7. The Balaban J connectivity index is 1.47. The number of rotatable bonds is 3. The summed E-state index contributed by atoms with van der Waals surface area (Å²) in [6.07, 6.45) is 0.805. The van der Waals surface area contributed by atoms with Gasteiger partial charge in [-0.25, -0.2) is 4.79 Å². The van der Waals surface area contributed by atoms with Gasteiger partial charge >= 0.3 is 11.9 Å². The van der Waals surface area contributed by atoms with Crippen LogP contribution in [0.15, 0.2) is 54.6 Å². The summed E-state index contributed by atoms with van der Waals surface area (Å²) in [5, 5.41) is 12.1. The number of methoxy groups -OCH3 is 1. The van der Waals surface area contributed by atoms with Gasteiger partial charge in [0.1, 0.15) is 6.10 Å². The Bertz CT molecular complexity index is 1250. The number of hydrogen-bond donors (Lipinski definition) is 2. The van der Waals surface area contributed by atoms with Crippen LogP contribution in [-0.2, 0) is 20.7 Å². The second-order valence-electron chi connectivity index (χ2n) is 10.0. The fourth-order valence-electron chi connectivity index (χ4n) is 6.76. The average molecular weight is 475 g/mol. The van der Waals surface area contributed by atoms with Gasteiger partial charge in [0.2, 0.25) is 0 Å². The molecule has 2 aliphatic heterocycles. The maximum Gasteiger partial charge on any atom is 0.338 e. The van der Waals surface area contributed by atoms with Crippen molar-refractivity contribution in [3.05, 3.63) is 71.4 Å². The molecule has 2 fully saturated rings. The van der Waals surface area contributed by atoms with E-state index in [9.17, 15) is 14.7 Å². The maximum absolute atomic E-state index is 13.3. The normalized spacial score (nSPS) is 30.1. The summed E-state index contributed by atoms with van der Waals surface area (Å²) in [5.41, 5.74) is 3.82. The third kappa shape index (κ3) is 3.65. The summed E-state index contributed by atoms with van der Waals surface area (Å²) in [4.78, 5) is 32.3. The lowest BCUT2D eigenvalue weighted by Crippen LogP contribution is -2.61. The van der Waals surface area contributed by atoms with E-state index in [1.165, 1.54) is 18.1 Å². The van der Waals surface area contributed by atoms with E-state index in [0.29, 0.717) is 12.0 Å². The van der Waals surface area contributed by atoms with E-state index in [2.05, 4.69) is 22.0 Å². The summed E-state index contributed by atoms with van der Waals surface area (Å²) >= 11 is 0. The van der Waals surface area contributed by atoms with Gasteiger partial charge in [-0.05, 0) is 48.9 Å². The van der Waals surface area contributed by atoms with Crippen LogP contribution >= 0.6 is 0 Å². The molecular weight excluding hydrogens is 444 g/mol. The molecule has 0 radical (unpaired) electrons. The van der Waals surface area contributed by atoms with Gasteiger partial charge in [0.25, 0.3) is 0 Å². The number of H-pyrrole nitrogens is 1. The molecule has 3 aromatic rings. The van der Waals surface area contributed by atoms with Crippen molar-refractivity contribution < 1.29 is 24.2 Å². The first-order valence-electron chi connectivity index (χ1n) is 12.4. The van der Waals surface area contributed by atoms with E-state index in [1.807, 2.05) is 30.3 Å². The number of esters is 2. The van der Waals surface area contributed by atoms with Crippen molar-refractivity contribution in [2.75, 3.05) is 20.2 Å². The van der Waals surface area contributed by atoms with Crippen molar-refractivity contribution in [2.24, 2.45) is 17.8 Å². The van der Waals surface area contributed by atoms with E-state index in [0.717, 1.165) is 37.1 Å². The molecule has 0 amide bonds. The molecule has 2 aromatic carbocycles. The number of nitrogens with one attached hydrogen (secondary N) is 1. The van der Waals surface area contributed by atoms with E-state index >= 15 is 0 Å². The average Bonchev–Trinajstić information content (AvgIpc) is 3.27. The summed E-state index contributed by atoms with van der Waals surface area (Å²) < 4.78 is 11.5. The number of carbonyl (C=O) groups is 2. The van der Waals surface area contributed by atoms with Crippen LogP contribution in [0.5, 0.6) is 0 Å². The van der Waals surface area contributed by atoms with Gasteiger partial charge in [0.15, 0.2) is 0 Å². The lowest BCUT2D eigenvalue weighted by molar-refractivity contribution is -0.173.